The van der Waals surface area contributed by atoms with Crippen molar-refractivity contribution in [2.24, 2.45) is 0 Å². The Labute approximate surface area is 61.5 Å². The lowest BCUT2D eigenvalue weighted by atomic mass is 10.2. The Hall–Kier alpha value is -0.970. The normalized spacial score (nSPS) is 17.2. The van der Waals surface area contributed by atoms with Gasteiger partial charge in [0.2, 0.25) is 0 Å². The van der Waals surface area contributed by atoms with E-state index in [0.717, 1.165) is 31.4 Å². The number of rotatable bonds is 2. The van der Waals surface area contributed by atoms with E-state index in [2.05, 4.69) is 18.3 Å². The van der Waals surface area contributed by atoms with Crippen molar-refractivity contribution in [2.45, 2.75) is 26.2 Å². The minimum absolute atomic E-state index is 0.931. The van der Waals surface area contributed by atoms with Gasteiger partial charge in [-0.15, -0.1) is 0 Å². The van der Waals surface area contributed by atoms with E-state index in [1.165, 1.54) is 5.70 Å². The van der Waals surface area contributed by atoms with Gasteiger partial charge in [-0.05, 0) is 26.2 Å². The summed E-state index contributed by atoms with van der Waals surface area (Å²) < 4.78 is 0. The van der Waals surface area contributed by atoms with E-state index >= 15 is 0 Å². The van der Waals surface area contributed by atoms with Crippen LogP contribution in [-0.4, -0.2) is 6.54 Å². The lowest BCUT2D eigenvalue weighted by Crippen LogP contribution is -2.11. The van der Waals surface area contributed by atoms with Gasteiger partial charge in [-0.1, -0.05) is 0 Å². The molecule has 54 valence electrons. The largest absolute Gasteiger partial charge is 0.388 e. The summed E-state index contributed by atoms with van der Waals surface area (Å²) in [4.78, 5) is 0. The van der Waals surface area contributed by atoms with Gasteiger partial charge < -0.3 is 5.32 Å². The Morgan fingerprint density at radius 3 is 3.00 bits per heavy atom. The predicted octanol–water partition coefficient (Wildman–Crippen LogP) is 1.56. The van der Waals surface area contributed by atoms with Crippen molar-refractivity contribution in [2.75, 3.05) is 6.54 Å². The molecule has 1 aliphatic rings. The van der Waals surface area contributed by atoms with E-state index in [1.807, 2.05) is 0 Å². The molecule has 0 atom stereocenters. The number of allylic oxidation sites excluding steroid dienone is 2. The summed E-state index contributed by atoms with van der Waals surface area (Å²) in [5, 5.41) is 11.8. The molecule has 2 nitrogen and oxygen atoms in total. The van der Waals surface area contributed by atoms with Gasteiger partial charge in [0.1, 0.15) is 0 Å². The molecule has 0 unspecified atom stereocenters. The molecule has 2 heteroatoms. The molecule has 10 heavy (non-hydrogen) atoms. The first-order valence-electron chi connectivity index (χ1n) is 3.74. The van der Waals surface area contributed by atoms with Crippen LogP contribution in [0.5, 0.6) is 0 Å². The zero-order valence-corrected chi connectivity index (χ0v) is 6.28. The van der Waals surface area contributed by atoms with Crippen molar-refractivity contribution in [1.82, 2.24) is 5.32 Å². The van der Waals surface area contributed by atoms with Crippen molar-refractivity contribution in [1.29, 1.82) is 5.26 Å². The first-order chi connectivity index (χ1) is 4.88. The summed E-state index contributed by atoms with van der Waals surface area (Å²) in [6.07, 6.45) is 3.18. The number of hydrogen-bond acceptors (Lipinski definition) is 2. The summed E-state index contributed by atoms with van der Waals surface area (Å²) in [6, 6.07) is 2.22. The van der Waals surface area contributed by atoms with Gasteiger partial charge in [0, 0.05) is 17.8 Å². The highest BCUT2D eigenvalue weighted by atomic mass is 14.9. The number of hydrogen-bond donors (Lipinski definition) is 1. The first-order valence-corrected chi connectivity index (χ1v) is 3.74. The average molecular weight is 136 g/mol. The van der Waals surface area contributed by atoms with Crippen molar-refractivity contribution < 1.29 is 0 Å². The minimum atomic E-state index is 0.931. The van der Waals surface area contributed by atoms with Crippen LogP contribution in [0.2, 0.25) is 0 Å². The van der Waals surface area contributed by atoms with Crippen LogP contribution in [0.25, 0.3) is 0 Å². The van der Waals surface area contributed by atoms with Crippen molar-refractivity contribution in [3.05, 3.63) is 11.3 Å². The standard InChI is InChI=1S/C8H12N2/c1-2-10-8-5-3-4-7(8)6-9/h10H,2-5H2,1H3. The van der Waals surface area contributed by atoms with E-state index in [4.69, 9.17) is 5.26 Å². The Balaban J connectivity index is 2.61. The Kier molecular flexibility index (Phi) is 2.33. The predicted molar refractivity (Wildman–Crippen MR) is 40.2 cm³/mol. The van der Waals surface area contributed by atoms with E-state index < -0.39 is 0 Å². The molecule has 0 aromatic rings. The zero-order valence-electron chi connectivity index (χ0n) is 6.28. The molecule has 0 bridgehead atoms. The maximum atomic E-state index is 8.62. The molecule has 0 aromatic heterocycles. The average Bonchev–Trinajstić information content (AvgIpc) is 2.36. The van der Waals surface area contributed by atoms with Crippen molar-refractivity contribution >= 4 is 0 Å². The van der Waals surface area contributed by atoms with Gasteiger partial charge in [-0.3, -0.25) is 0 Å². The van der Waals surface area contributed by atoms with Crippen molar-refractivity contribution in [3.63, 3.8) is 0 Å². The van der Waals surface area contributed by atoms with Crippen LogP contribution in [0.3, 0.4) is 0 Å². The van der Waals surface area contributed by atoms with Crippen LogP contribution in [0.4, 0.5) is 0 Å². The highest BCUT2D eigenvalue weighted by Gasteiger charge is 2.12. The third kappa shape index (κ3) is 1.30. The van der Waals surface area contributed by atoms with Gasteiger partial charge in [0.05, 0.1) is 6.07 Å². The van der Waals surface area contributed by atoms with Crippen molar-refractivity contribution in [3.8, 4) is 6.07 Å². The van der Waals surface area contributed by atoms with E-state index in [-0.39, 0.29) is 0 Å². The monoisotopic (exact) mass is 136 g/mol. The molecule has 0 fully saturated rings. The SMILES string of the molecule is CCNC1=C(C#N)CCC1. The van der Waals surface area contributed by atoms with Gasteiger partial charge >= 0.3 is 0 Å². The maximum Gasteiger partial charge on any atom is 0.0965 e. The molecule has 0 saturated carbocycles. The molecule has 0 aliphatic heterocycles. The lowest BCUT2D eigenvalue weighted by molar-refractivity contribution is 0.789. The summed E-state index contributed by atoms with van der Waals surface area (Å²) in [6.45, 7) is 2.99. The number of nitrogens with zero attached hydrogens (tertiary/aromatic N) is 1. The molecular formula is C8H12N2. The summed E-state index contributed by atoms with van der Waals surface area (Å²) in [5.41, 5.74) is 2.13. The molecule has 0 spiro atoms. The van der Waals surface area contributed by atoms with Gasteiger partial charge in [-0.25, -0.2) is 0 Å². The fraction of sp³-hybridized carbons (Fsp3) is 0.625. The number of nitriles is 1. The Morgan fingerprint density at radius 1 is 1.60 bits per heavy atom. The van der Waals surface area contributed by atoms with E-state index in [9.17, 15) is 0 Å². The highest BCUT2D eigenvalue weighted by Crippen LogP contribution is 2.22. The second-order valence-electron chi connectivity index (χ2n) is 2.45. The van der Waals surface area contributed by atoms with Gasteiger partial charge in [0.25, 0.3) is 0 Å². The topological polar surface area (TPSA) is 35.8 Å². The fourth-order valence-corrected chi connectivity index (χ4v) is 1.28. The quantitative estimate of drug-likeness (QED) is 0.625. The first kappa shape index (κ1) is 7.14. The third-order valence-electron chi connectivity index (χ3n) is 1.74. The van der Waals surface area contributed by atoms with Crippen LogP contribution in [-0.2, 0) is 0 Å². The summed E-state index contributed by atoms with van der Waals surface area (Å²) in [7, 11) is 0. The zero-order chi connectivity index (χ0) is 7.40. The van der Waals surface area contributed by atoms with Gasteiger partial charge in [-0.2, -0.15) is 5.26 Å². The number of nitrogens with one attached hydrogen (secondary N) is 1. The minimum Gasteiger partial charge on any atom is -0.388 e. The van der Waals surface area contributed by atoms with Crippen LogP contribution in [0.15, 0.2) is 11.3 Å². The molecule has 1 aliphatic carbocycles. The summed E-state index contributed by atoms with van der Waals surface area (Å²) in [5.74, 6) is 0. The molecule has 0 radical (unpaired) electrons. The Bertz CT molecular complexity index is 186. The molecule has 1 N–H and O–H groups in total. The molecule has 0 heterocycles. The van der Waals surface area contributed by atoms with E-state index in [1.54, 1.807) is 0 Å². The molecule has 0 saturated heterocycles. The highest BCUT2D eigenvalue weighted by molar-refractivity contribution is 5.30. The summed E-state index contributed by atoms with van der Waals surface area (Å²) >= 11 is 0. The lowest BCUT2D eigenvalue weighted by Gasteiger charge is -2.02. The van der Waals surface area contributed by atoms with Gasteiger partial charge in [0.15, 0.2) is 0 Å². The second-order valence-corrected chi connectivity index (χ2v) is 2.45. The second kappa shape index (κ2) is 3.26. The van der Waals surface area contributed by atoms with Crippen LogP contribution in [0, 0.1) is 11.3 Å². The van der Waals surface area contributed by atoms with Crippen LogP contribution < -0.4 is 5.32 Å². The third-order valence-corrected chi connectivity index (χ3v) is 1.74. The molecule has 0 amide bonds. The molecular weight excluding hydrogens is 124 g/mol. The van der Waals surface area contributed by atoms with Crippen LogP contribution in [0.1, 0.15) is 26.2 Å². The molecule has 1 rings (SSSR count). The van der Waals surface area contributed by atoms with Crippen LogP contribution >= 0.6 is 0 Å². The van der Waals surface area contributed by atoms with E-state index in [0.29, 0.717) is 0 Å². The smallest absolute Gasteiger partial charge is 0.0965 e. The maximum absolute atomic E-state index is 8.62. The Morgan fingerprint density at radius 2 is 2.40 bits per heavy atom. The fourth-order valence-electron chi connectivity index (χ4n) is 1.28. The molecule has 0 aromatic carbocycles.